The molecule has 0 saturated carbocycles. The summed E-state index contributed by atoms with van der Waals surface area (Å²) >= 11 is 0. The zero-order valence-electron chi connectivity index (χ0n) is 10.0. The lowest BCUT2D eigenvalue weighted by Crippen LogP contribution is -2.07. The second-order valence-corrected chi connectivity index (χ2v) is 4.04. The summed E-state index contributed by atoms with van der Waals surface area (Å²) < 4.78 is 43.1. The maximum atomic E-state index is 12.6. The van der Waals surface area contributed by atoms with Crippen molar-refractivity contribution in [3.05, 3.63) is 47.5 Å². The topological polar surface area (TPSA) is 48.1 Å². The molecule has 0 spiro atoms. The highest BCUT2D eigenvalue weighted by atomic mass is 19.4. The summed E-state index contributed by atoms with van der Waals surface area (Å²) in [6.45, 7) is 1.85. The number of benzene rings is 1. The van der Waals surface area contributed by atoms with Gasteiger partial charge in [-0.2, -0.15) is 18.2 Å². The van der Waals surface area contributed by atoms with Crippen molar-refractivity contribution in [2.24, 2.45) is 0 Å². The molecule has 0 aliphatic heterocycles. The number of anilines is 1. The van der Waals surface area contributed by atoms with Gasteiger partial charge in [0, 0.05) is 6.07 Å². The molecule has 2 N–H and O–H groups in total. The van der Waals surface area contributed by atoms with E-state index in [0.29, 0.717) is 5.75 Å². The zero-order chi connectivity index (χ0) is 14.0. The standard InChI is InChI=1S/C13H11F3N2O/c1-8-3-2-4-10(5-8)19-12-7-9(13(14,15)16)6-11(17)18-12/h2-7H,1H3,(H2,17,18). The molecule has 1 aromatic carbocycles. The first-order chi connectivity index (χ1) is 8.84. The van der Waals surface area contributed by atoms with E-state index in [2.05, 4.69) is 4.98 Å². The van der Waals surface area contributed by atoms with E-state index in [1.807, 2.05) is 13.0 Å². The Balaban J connectivity index is 2.33. The summed E-state index contributed by atoms with van der Waals surface area (Å²) in [5.41, 5.74) is 5.39. The maximum absolute atomic E-state index is 12.6. The highest BCUT2D eigenvalue weighted by molar-refractivity contribution is 5.40. The van der Waals surface area contributed by atoms with Gasteiger partial charge in [0.1, 0.15) is 11.6 Å². The van der Waals surface area contributed by atoms with Crippen LogP contribution in [0.4, 0.5) is 19.0 Å². The van der Waals surface area contributed by atoms with Crippen LogP contribution in [0.5, 0.6) is 11.6 Å². The molecule has 100 valence electrons. The first-order valence-corrected chi connectivity index (χ1v) is 5.44. The maximum Gasteiger partial charge on any atom is 0.416 e. The van der Waals surface area contributed by atoms with Crippen LogP contribution in [0, 0.1) is 6.92 Å². The second-order valence-electron chi connectivity index (χ2n) is 4.04. The summed E-state index contributed by atoms with van der Waals surface area (Å²) in [6, 6.07) is 8.49. The lowest BCUT2D eigenvalue weighted by atomic mass is 10.2. The summed E-state index contributed by atoms with van der Waals surface area (Å²) in [6.07, 6.45) is -4.48. The summed E-state index contributed by atoms with van der Waals surface area (Å²) in [5.74, 6) is -0.0124. The van der Waals surface area contributed by atoms with Gasteiger partial charge in [0.25, 0.3) is 0 Å². The van der Waals surface area contributed by atoms with Crippen LogP contribution in [0.2, 0.25) is 0 Å². The number of alkyl halides is 3. The van der Waals surface area contributed by atoms with Crippen molar-refractivity contribution < 1.29 is 17.9 Å². The molecular weight excluding hydrogens is 257 g/mol. The van der Waals surface area contributed by atoms with Gasteiger partial charge in [-0.25, -0.2) is 0 Å². The number of pyridine rings is 1. The van der Waals surface area contributed by atoms with E-state index in [1.54, 1.807) is 18.2 Å². The Morgan fingerprint density at radius 2 is 1.89 bits per heavy atom. The molecule has 1 aromatic heterocycles. The van der Waals surface area contributed by atoms with Crippen LogP contribution in [-0.4, -0.2) is 4.98 Å². The fraction of sp³-hybridized carbons (Fsp3) is 0.154. The number of aryl methyl sites for hydroxylation is 1. The fourth-order valence-electron chi connectivity index (χ4n) is 1.54. The predicted molar refractivity (Wildman–Crippen MR) is 64.9 cm³/mol. The van der Waals surface area contributed by atoms with Crippen molar-refractivity contribution >= 4 is 5.82 Å². The van der Waals surface area contributed by atoms with E-state index in [0.717, 1.165) is 17.7 Å². The van der Waals surface area contributed by atoms with Crippen LogP contribution in [0.15, 0.2) is 36.4 Å². The SMILES string of the molecule is Cc1cccc(Oc2cc(C(F)(F)F)cc(N)n2)c1. The molecule has 0 atom stereocenters. The number of aromatic nitrogens is 1. The van der Waals surface area contributed by atoms with Crippen molar-refractivity contribution in [1.82, 2.24) is 4.98 Å². The van der Waals surface area contributed by atoms with Crippen molar-refractivity contribution in [1.29, 1.82) is 0 Å². The Kier molecular flexibility index (Phi) is 3.33. The third-order valence-electron chi connectivity index (χ3n) is 2.36. The van der Waals surface area contributed by atoms with Gasteiger partial charge in [-0.05, 0) is 30.7 Å². The molecule has 0 fully saturated rings. The number of rotatable bonds is 2. The highest BCUT2D eigenvalue weighted by Gasteiger charge is 2.31. The van der Waals surface area contributed by atoms with Crippen LogP contribution in [0.3, 0.4) is 0 Å². The number of nitrogens with two attached hydrogens (primary N) is 1. The molecule has 0 saturated heterocycles. The molecule has 0 amide bonds. The van der Waals surface area contributed by atoms with Crippen molar-refractivity contribution in [3.8, 4) is 11.6 Å². The minimum atomic E-state index is -4.48. The molecule has 0 bridgehead atoms. The lowest BCUT2D eigenvalue weighted by molar-refractivity contribution is -0.137. The Morgan fingerprint density at radius 3 is 2.53 bits per heavy atom. The Bertz CT molecular complexity index is 597. The van der Waals surface area contributed by atoms with Gasteiger partial charge in [0.2, 0.25) is 5.88 Å². The third kappa shape index (κ3) is 3.37. The molecule has 3 nitrogen and oxygen atoms in total. The Labute approximate surface area is 107 Å². The number of nitrogens with zero attached hydrogens (tertiary/aromatic N) is 1. The summed E-state index contributed by atoms with van der Waals surface area (Å²) in [4.78, 5) is 3.73. The average Bonchev–Trinajstić information content (AvgIpc) is 2.26. The monoisotopic (exact) mass is 268 g/mol. The Hall–Kier alpha value is -2.24. The normalized spacial score (nSPS) is 11.4. The van der Waals surface area contributed by atoms with E-state index < -0.39 is 11.7 Å². The third-order valence-corrected chi connectivity index (χ3v) is 2.36. The van der Waals surface area contributed by atoms with Gasteiger partial charge in [-0.1, -0.05) is 12.1 Å². The van der Waals surface area contributed by atoms with Gasteiger partial charge in [-0.15, -0.1) is 0 Å². The van der Waals surface area contributed by atoms with Crippen molar-refractivity contribution in [2.45, 2.75) is 13.1 Å². The second kappa shape index (κ2) is 4.79. The number of ether oxygens (including phenoxy) is 1. The van der Waals surface area contributed by atoms with Crippen LogP contribution in [0.25, 0.3) is 0 Å². The largest absolute Gasteiger partial charge is 0.439 e. The first-order valence-electron chi connectivity index (χ1n) is 5.44. The van der Waals surface area contributed by atoms with E-state index in [-0.39, 0.29) is 11.7 Å². The fourth-order valence-corrected chi connectivity index (χ4v) is 1.54. The van der Waals surface area contributed by atoms with Gasteiger partial charge in [0.05, 0.1) is 5.56 Å². The van der Waals surface area contributed by atoms with Crippen LogP contribution >= 0.6 is 0 Å². The lowest BCUT2D eigenvalue weighted by Gasteiger charge is -2.10. The van der Waals surface area contributed by atoms with Crippen molar-refractivity contribution in [3.63, 3.8) is 0 Å². The predicted octanol–water partition coefficient (Wildman–Crippen LogP) is 3.78. The van der Waals surface area contributed by atoms with Gasteiger partial charge in [0.15, 0.2) is 0 Å². The number of halogens is 3. The molecule has 2 rings (SSSR count). The van der Waals surface area contributed by atoms with Crippen LogP contribution < -0.4 is 10.5 Å². The van der Waals surface area contributed by atoms with E-state index in [4.69, 9.17) is 10.5 Å². The average molecular weight is 268 g/mol. The van der Waals surface area contributed by atoms with Gasteiger partial charge >= 0.3 is 6.18 Å². The Morgan fingerprint density at radius 1 is 1.16 bits per heavy atom. The van der Waals surface area contributed by atoms with Crippen LogP contribution in [-0.2, 0) is 6.18 Å². The molecule has 0 aliphatic carbocycles. The van der Waals surface area contributed by atoms with Crippen molar-refractivity contribution in [2.75, 3.05) is 5.73 Å². The van der Waals surface area contributed by atoms with E-state index >= 15 is 0 Å². The van der Waals surface area contributed by atoms with Crippen LogP contribution in [0.1, 0.15) is 11.1 Å². The minimum absolute atomic E-state index is 0.182. The number of nitrogen functional groups attached to an aromatic ring is 1. The van der Waals surface area contributed by atoms with Gasteiger partial charge in [-0.3, -0.25) is 0 Å². The molecule has 0 radical (unpaired) electrons. The first kappa shape index (κ1) is 13.2. The molecule has 2 aromatic rings. The number of hydrogen-bond acceptors (Lipinski definition) is 3. The minimum Gasteiger partial charge on any atom is -0.439 e. The van der Waals surface area contributed by atoms with E-state index in [1.165, 1.54) is 0 Å². The smallest absolute Gasteiger partial charge is 0.416 e. The summed E-state index contributed by atoms with van der Waals surface area (Å²) in [5, 5.41) is 0. The molecular formula is C13H11F3N2O. The molecule has 0 aliphatic rings. The quantitative estimate of drug-likeness (QED) is 0.901. The molecule has 19 heavy (non-hydrogen) atoms. The van der Waals surface area contributed by atoms with E-state index in [9.17, 15) is 13.2 Å². The van der Waals surface area contributed by atoms with Gasteiger partial charge < -0.3 is 10.5 Å². The zero-order valence-corrected chi connectivity index (χ0v) is 10.0. The molecule has 0 unspecified atom stereocenters. The number of hydrogen-bond donors (Lipinski definition) is 1. The molecule has 1 heterocycles. The summed E-state index contributed by atoms with van der Waals surface area (Å²) in [7, 11) is 0. The molecule has 6 heteroatoms. The highest BCUT2D eigenvalue weighted by Crippen LogP contribution is 2.33.